The lowest BCUT2D eigenvalue weighted by Crippen LogP contribution is -2.23. The minimum Gasteiger partial charge on any atom is -0.284 e. The summed E-state index contributed by atoms with van der Waals surface area (Å²) in [6.07, 6.45) is -2.60. The molecule has 112 valence electrons. The Balaban J connectivity index is 2.28. The molecule has 0 spiro atoms. The minimum absolute atomic E-state index is 0.148. The normalized spacial score (nSPS) is 15.5. The molecule has 0 saturated heterocycles. The van der Waals surface area contributed by atoms with Crippen molar-refractivity contribution in [3.63, 3.8) is 0 Å². The molecule has 1 heterocycles. The number of hydrogen-bond donors (Lipinski definition) is 0. The van der Waals surface area contributed by atoms with E-state index in [4.69, 9.17) is 0 Å². The van der Waals surface area contributed by atoms with Gasteiger partial charge in [0.25, 0.3) is 5.56 Å². The first kappa shape index (κ1) is 14.4. The van der Waals surface area contributed by atoms with Gasteiger partial charge in [0, 0.05) is 13.0 Å². The monoisotopic (exact) mass is 360 g/mol. The lowest BCUT2D eigenvalue weighted by atomic mass is 10.1. The van der Waals surface area contributed by atoms with Crippen LogP contribution in [0.2, 0.25) is 0 Å². The zero-order valence-corrected chi connectivity index (χ0v) is 12.7. The van der Waals surface area contributed by atoms with Crippen molar-refractivity contribution >= 4 is 15.9 Å². The predicted molar refractivity (Wildman–Crippen MR) is 75.7 cm³/mol. The summed E-state index contributed by atoms with van der Waals surface area (Å²) in [5.41, 5.74) is -0.666. The van der Waals surface area contributed by atoms with Crippen molar-refractivity contribution in [1.29, 1.82) is 0 Å². The predicted octanol–water partition coefficient (Wildman–Crippen LogP) is 3.83. The highest BCUT2D eigenvalue weighted by Gasteiger charge is 2.36. The van der Waals surface area contributed by atoms with Crippen molar-refractivity contribution in [2.24, 2.45) is 7.05 Å². The second-order valence-corrected chi connectivity index (χ2v) is 5.92. The number of alkyl halides is 3. The Labute approximate surface area is 127 Å². The van der Waals surface area contributed by atoms with Crippen LogP contribution in [0.5, 0.6) is 0 Å². The minimum atomic E-state index is -4.51. The number of hydrogen-bond acceptors (Lipinski definition) is 1. The highest BCUT2D eigenvalue weighted by Crippen LogP contribution is 2.43. The van der Waals surface area contributed by atoms with Crippen LogP contribution >= 0.6 is 15.9 Å². The molecule has 0 aliphatic heterocycles. The molecule has 3 nitrogen and oxygen atoms in total. The number of aromatic nitrogens is 2. The van der Waals surface area contributed by atoms with E-state index in [1.807, 2.05) is 0 Å². The van der Waals surface area contributed by atoms with Crippen LogP contribution in [-0.2, 0) is 13.2 Å². The van der Waals surface area contributed by atoms with Gasteiger partial charge in [-0.25, -0.2) is 4.68 Å². The van der Waals surface area contributed by atoms with E-state index in [-0.39, 0.29) is 11.6 Å². The third-order valence-electron chi connectivity index (χ3n) is 3.66. The van der Waals surface area contributed by atoms with E-state index in [0.29, 0.717) is 4.47 Å². The van der Waals surface area contributed by atoms with Gasteiger partial charge in [-0.3, -0.25) is 9.48 Å². The van der Waals surface area contributed by atoms with Crippen LogP contribution in [0, 0.1) is 0 Å². The zero-order valence-electron chi connectivity index (χ0n) is 11.1. The van der Waals surface area contributed by atoms with E-state index >= 15 is 0 Å². The molecular weight excluding hydrogens is 349 g/mol. The number of rotatable bonds is 2. The Morgan fingerprint density at radius 1 is 1.24 bits per heavy atom. The molecule has 1 saturated carbocycles. The van der Waals surface area contributed by atoms with Gasteiger partial charge in [0.2, 0.25) is 0 Å². The van der Waals surface area contributed by atoms with Gasteiger partial charge in [0.1, 0.15) is 4.47 Å². The largest absolute Gasteiger partial charge is 0.418 e. The molecule has 1 aliphatic rings. The summed E-state index contributed by atoms with van der Waals surface area (Å²) >= 11 is 3.23. The third-order valence-corrected chi connectivity index (χ3v) is 4.40. The molecule has 0 atom stereocenters. The van der Waals surface area contributed by atoms with Crippen molar-refractivity contribution in [2.75, 3.05) is 0 Å². The van der Waals surface area contributed by atoms with Crippen LogP contribution < -0.4 is 5.56 Å². The quantitative estimate of drug-likeness (QED) is 0.799. The number of nitrogens with zero attached hydrogens (tertiary/aromatic N) is 2. The van der Waals surface area contributed by atoms with E-state index in [0.717, 1.165) is 29.3 Å². The van der Waals surface area contributed by atoms with Gasteiger partial charge in [0.15, 0.2) is 0 Å². The Morgan fingerprint density at radius 2 is 1.86 bits per heavy atom. The molecule has 1 aliphatic carbocycles. The molecule has 0 bridgehead atoms. The average Bonchev–Trinajstić information content (AvgIpc) is 3.19. The van der Waals surface area contributed by atoms with Gasteiger partial charge in [0.05, 0.1) is 16.9 Å². The van der Waals surface area contributed by atoms with Gasteiger partial charge in [-0.2, -0.15) is 13.2 Å². The fourth-order valence-corrected chi connectivity index (χ4v) is 3.31. The summed E-state index contributed by atoms with van der Waals surface area (Å²) in [4.78, 5) is 12.4. The first-order chi connectivity index (χ1) is 9.82. The van der Waals surface area contributed by atoms with Crippen molar-refractivity contribution in [2.45, 2.75) is 24.9 Å². The first-order valence-electron chi connectivity index (χ1n) is 6.46. The smallest absolute Gasteiger partial charge is 0.284 e. The van der Waals surface area contributed by atoms with Gasteiger partial charge in [-0.05, 0) is 40.9 Å². The van der Waals surface area contributed by atoms with E-state index in [9.17, 15) is 18.0 Å². The topological polar surface area (TPSA) is 26.9 Å². The Kier molecular flexibility index (Phi) is 3.27. The van der Waals surface area contributed by atoms with E-state index in [1.165, 1.54) is 22.9 Å². The molecule has 3 rings (SSSR count). The fraction of sp³-hybridized carbons (Fsp3) is 0.357. The second-order valence-electron chi connectivity index (χ2n) is 5.13. The Morgan fingerprint density at radius 3 is 2.43 bits per heavy atom. The summed E-state index contributed by atoms with van der Waals surface area (Å²) in [5, 5.41) is 0. The average molecular weight is 361 g/mol. The van der Waals surface area contributed by atoms with Crippen molar-refractivity contribution in [3.8, 4) is 5.69 Å². The molecule has 1 fully saturated rings. The summed E-state index contributed by atoms with van der Waals surface area (Å²) in [5.74, 6) is 0.247. The molecule has 0 N–H and O–H groups in total. The molecule has 1 aromatic heterocycles. The Bertz CT molecular complexity index is 757. The van der Waals surface area contributed by atoms with Crippen molar-refractivity contribution < 1.29 is 13.2 Å². The highest BCUT2D eigenvalue weighted by molar-refractivity contribution is 9.10. The molecule has 0 unspecified atom stereocenters. The van der Waals surface area contributed by atoms with E-state index in [2.05, 4.69) is 15.9 Å². The summed E-state index contributed by atoms with van der Waals surface area (Å²) in [6.45, 7) is 0. The molecule has 1 aromatic carbocycles. The van der Waals surface area contributed by atoms with Gasteiger partial charge < -0.3 is 0 Å². The molecule has 21 heavy (non-hydrogen) atoms. The molecule has 2 aromatic rings. The van der Waals surface area contributed by atoms with Crippen molar-refractivity contribution in [3.05, 3.63) is 50.3 Å². The lowest BCUT2D eigenvalue weighted by Gasteiger charge is -2.15. The third kappa shape index (κ3) is 2.33. The molecular formula is C14H12BrF3N2O. The second kappa shape index (κ2) is 4.76. The van der Waals surface area contributed by atoms with Crippen LogP contribution in [0.4, 0.5) is 13.2 Å². The van der Waals surface area contributed by atoms with Crippen LogP contribution in [0.15, 0.2) is 33.5 Å². The van der Waals surface area contributed by atoms with Crippen LogP contribution in [0.1, 0.15) is 30.0 Å². The maximum absolute atomic E-state index is 13.1. The van der Waals surface area contributed by atoms with E-state index in [1.54, 1.807) is 7.05 Å². The molecule has 0 amide bonds. The first-order valence-corrected chi connectivity index (χ1v) is 7.25. The van der Waals surface area contributed by atoms with Gasteiger partial charge in [-0.1, -0.05) is 12.1 Å². The van der Waals surface area contributed by atoms with Crippen LogP contribution in [-0.4, -0.2) is 9.36 Å². The summed E-state index contributed by atoms with van der Waals surface area (Å²) in [7, 11) is 1.62. The number of benzene rings is 1. The molecule has 7 heteroatoms. The zero-order chi connectivity index (χ0) is 15.4. The van der Waals surface area contributed by atoms with Crippen LogP contribution in [0.3, 0.4) is 0 Å². The number of para-hydroxylation sites is 1. The highest BCUT2D eigenvalue weighted by atomic mass is 79.9. The maximum Gasteiger partial charge on any atom is 0.418 e. The lowest BCUT2D eigenvalue weighted by molar-refractivity contribution is -0.137. The summed E-state index contributed by atoms with van der Waals surface area (Å²) in [6, 6.07) is 5.11. The maximum atomic E-state index is 13.1. The van der Waals surface area contributed by atoms with E-state index < -0.39 is 17.3 Å². The summed E-state index contributed by atoms with van der Waals surface area (Å²) < 4.78 is 42.4. The Hall–Kier alpha value is -1.50. The standard InChI is InChI=1S/C14H12BrF3N2O/c1-19-12(8-6-7-8)11(15)13(21)20(19)10-5-3-2-4-9(10)14(16,17)18/h2-5,8H,6-7H2,1H3. The van der Waals surface area contributed by atoms with Crippen molar-refractivity contribution in [1.82, 2.24) is 9.36 Å². The molecule has 0 radical (unpaired) electrons. The number of halogens is 4. The fourth-order valence-electron chi connectivity index (χ4n) is 2.56. The van der Waals surface area contributed by atoms with Gasteiger partial charge in [-0.15, -0.1) is 0 Å². The SMILES string of the molecule is Cn1c(C2CC2)c(Br)c(=O)n1-c1ccccc1C(F)(F)F. The van der Waals surface area contributed by atoms with Gasteiger partial charge >= 0.3 is 6.18 Å². The van der Waals surface area contributed by atoms with Crippen LogP contribution in [0.25, 0.3) is 5.69 Å².